The van der Waals surface area contributed by atoms with Crippen molar-refractivity contribution in [2.24, 2.45) is 12.0 Å². The molecule has 1 atom stereocenters. The van der Waals surface area contributed by atoms with Crippen molar-refractivity contribution in [2.45, 2.75) is 32.5 Å². The molecule has 3 aromatic rings. The number of aliphatic hydroxyl groups is 1. The Morgan fingerprint density at radius 2 is 1.84 bits per heavy atom. The Hall–Kier alpha value is -3.39. The van der Waals surface area contributed by atoms with E-state index < -0.39 is 6.10 Å². The van der Waals surface area contributed by atoms with E-state index in [0.717, 1.165) is 28.5 Å². The molecule has 0 bridgehead atoms. The molecular formula is C23H30N6O2. The summed E-state index contributed by atoms with van der Waals surface area (Å²) in [6, 6.07) is 17.5. The zero-order valence-electron chi connectivity index (χ0n) is 18.2. The van der Waals surface area contributed by atoms with Crippen LogP contribution in [0.5, 0.6) is 5.75 Å². The molecule has 0 aliphatic rings. The number of aliphatic imine (C=N–C) groups is 1. The molecule has 1 unspecified atom stereocenters. The number of ether oxygens (including phenoxy) is 1. The average Bonchev–Trinajstić information content (AvgIpc) is 3.13. The number of aliphatic hydroxyl groups excluding tert-OH is 1. The third-order valence-corrected chi connectivity index (χ3v) is 5.07. The van der Waals surface area contributed by atoms with Crippen LogP contribution in [0, 0.1) is 6.92 Å². The van der Waals surface area contributed by atoms with Gasteiger partial charge in [0.05, 0.1) is 26.3 Å². The van der Waals surface area contributed by atoms with Crippen molar-refractivity contribution < 1.29 is 9.84 Å². The van der Waals surface area contributed by atoms with Gasteiger partial charge in [-0.1, -0.05) is 42.5 Å². The molecular weight excluding hydrogens is 392 g/mol. The number of nitrogens with one attached hydrogen (secondary N) is 2. The highest BCUT2D eigenvalue weighted by Crippen LogP contribution is 2.15. The SMILES string of the molecule is COc1ccc(CN=C(NCCC(O)c2ccccc2)NCc2nnc(C)n2C)cc1. The maximum absolute atomic E-state index is 10.4. The molecule has 1 aromatic heterocycles. The van der Waals surface area contributed by atoms with E-state index in [0.29, 0.717) is 32.0 Å². The molecule has 0 radical (unpaired) electrons. The maximum atomic E-state index is 10.4. The maximum Gasteiger partial charge on any atom is 0.191 e. The second-order valence-corrected chi connectivity index (χ2v) is 7.23. The summed E-state index contributed by atoms with van der Waals surface area (Å²) in [6.45, 7) is 3.49. The van der Waals surface area contributed by atoms with Crippen LogP contribution in [-0.2, 0) is 20.1 Å². The van der Waals surface area contributed by atoms with Gasteiger partial charge in [-0.3, -0.25) is 0 Å². The van der Waals surface area contributed by atoms with E-state index in [1.807, 2.05) is 73.1 Å². The van der Waals surface area contributed by atoms with Crippen LogP contribution in [-0.4, -0.2) is 39.5 Å². The Bertz CT molecular complexity index is 969. The average molecular weight is 423 g/mol. The summed E-state index contributed by atoms with van der Waals surface area (Å²) in [6.07, 6.45) is 0.0361. The number of guanidine groups is 1. The Kier molecular flexibility index (Phi) is 8.00. The second-order valence-electron chi connectivity index (χ2n) is 7.23. The zero-order chi connectivity index (χ0) is 22.1. The molecule has 3 rings (SSSR count). The molecule has 1 heterocycles. The van der Waals surface area contributed by atoms with E-state index in [1.54, 1.807) is 7.11 Å². The number of hydrogen-bond acceptors (Lipinski definition) is 5. The van der Waals surface area contributed by atoms with E-state index >= 15 is 0 Å². The quantitative estimate of drug-likeness (QED) is 0.362. The van der Waals surface area contributed by atoms with Crippen LogP contribution in [0.4, 0.5) is 0 Å². The molecule has 164 valence electrons. The Labute approximate surface area is 183 Å². The van der Waals surface area contributed by atoms with E-state index in [4.69, 9.17) is 4.74 Å². The molecule has 0 aliphatic heterocycles. The zero-order valence-corrected chi connectivity index (χ0v) is 18.2. The molecule has 0 fully saturated rings. The van der Waals surface area contributed by atoms with Crippen LogP contribution in [0.25, 0.3) is 0 Å². The molecule has 0 saturated carbocycles. The first kappa shape index (κ1) is 22.3. The van der Waals surface area contributed by atoms with E-state index in [9.17, 15) is 5.11 Å². The van der Waals surface area contributed by atoms with Gasteiger partial charge in [-0.15, -0.1) is 10.2 Å². The monoisotopic (exact) mass is 422 g/mol. The van der Waals surface area contributed by atoms with Gasteiger partial charge in [-0.25, -0.2) is 4.99 Å². The van der Waals surface area contributed by atoms with Crippen molar-refractivity contribution in [1.82, 2.24) is 25.4 Å². The third kappa shape index (κ3) is 6.55. The second kappa shape index (κ2) is 11.1. The molecule has 3 N–H and O–H groups in total. The van der Waals surface area contributed by atoms with Gasteiger partial charge < -0.3 is 25.0 Å². The van der Waals surface area contributed by atoms with Crippen LogP contribution >= 0.6 is 0 Å². The van der Waals surface area contributed by atoms with Crippen LogP contribution in [0.3, 0.4) is 0 Å². The lowest BCUT2D eigenvalue weighted by molar-refractivity contribution is 0.168. The molecule has 8 heteroatoms. The van der Waals surface area contributed by atoms with Gasteiger partial charge in [0.15, 0.2) is 11.8 Å². The van der Waals surface area contributed by atoms with Gasteiger partial charge in [0.2, 0.25) is 0 Å². The fourth-order valence-corrected chi connectivity index (χ4v) is 3.01. The van der Waals surface area contributed by atoms with Crippen LogP contribution in [0.1, 0.15) is 35.3 Å². The number of methoxy groups -OCH3 is 1. The van der Waals surface area contributed by atoms with Gasteiger partial charge in [-0.2, -0.15) is 0 Å². The topological polar surface area (TPSA) is 96.6 Å². The first-order chi connectivity index (χ1) is 15.1. The van der Waals surface area contributed by atoms with Gasteiger partial charge in [0.1, 0.15) is 11.6 Å². The van der Waals surface area contributed by atoms with Crippen molar-refractivity contribution >= 4 is 5.96 Å². The van der Waals surface area contributed by atoms with Crippen LogP contribution in [0.2, 0.25) is 0 Å². The van der Waals surface area contributed by atoms with Crippen molar-refractivity contribution in [3.8, 4) is 5.75 Å². The fourth-order valence-electron chi connectivity index (χ4n) is 3.01. The predicted octanol–water partition coefficient (Wildman–Crippen LogP) is 2.49. The molecule has 8 nitrogen and oxygen atoms in total. The molecule has 2 aromatic carbocycles. The normalized spacial score (nSPS) is 12.5. The first-order valence-corrected chi connectivity index (χ1v) is 10.3. The minimum absolute atomic E-state index is 0.493. The summed E-state index contributed by atoms with van der Waals surface area (Å²) in [5.74, 6) is 3.14. The highest BCUT2D eigenvalue weighted by molar-refractivity contribution is 5.79. The van der Waals surface area contributed by atoms with Crippen LogP contribution < -0.4 is 15.4 Å². The Balaban J connectivity index is 1.61. The van der Waals surface area contributed by atoms with E-state index in [2.05, 4.69) is 25.8 Å². The standard InChI is InChI=1S/C23H30N6O2/c1-17-27-28-22(29(17)2)16-26-23(25-15-18-9-11-20(31-3)12-10-18)24-14-13-21(30)19-7-5-4-6-8-19/h4-12,21,30H,13-16H2,1-3H3,(H2,24,25,26). The Morgan fingerprint density at radius 1 is 1.10 bits per heavy atom. The molecule has 0 amide bonds. The van der Waals surface area contributed by atoms with Crippen LogP contribution in [0.15, 0.2) is 59.6 Å². The van der Waals surface area contributed by atoms with Gasteiger partial charge in [-0.05, 0) is 36.6 Å². The lowest BCUT2D eigenvalue weighted by atomic mass is 10.1. The number of hydrogen-bond donors (Lipinski definition) is 3. The summed E-state index contributed by atoms with van der Waals surface area (Å²) in [5.41, 5.74) is 1.98. The number of benzene rings is 2. The number of aryl methyl sites for hydroxylation is 1. The number of nitrogens with zero attached hydrogens (tertiary/aromatic N) is 4. The summed E-state index contributed by atoms with van der Waals surface area (Å²) >= 11 is 0. The van der Waals surface area contributed by atoms with Gasteiger partial charge >= 0.3 is 0 Å². The van der Waals surface area contributed by atoms with Crippen molar-refractivity contribution in [3.05, 3.63) is 77.4 Å². The van der Waals surface area contributed by atoms with Gasteiger partial charge in [0.25, 0.3) is 0 Å². The van der Waals surface area contributed by atoms with Crippen molar-refractivity contribution in [2.75, 3.05) is 13.7 Å². The molecule has 0 aliphatic carbocycles. The molecule has 0 spiro atoms. The number of rotatable bonds is 9. The smallest absolute Gasteiger partial charge is 0.191 e. The fraction of sp³-hybridized carbons (Fsp3) is 0.348. The van der Waals surface area contributed by atoms with Gasteiger partial charge in [0, 0.05) is 13.6 Å². The van der Waals surface area contributed by atoms with E-state index in [1.165, 1.54) is 0 Å². The van der Waals surface area contributed by atoms with E-state index in [-0.39, 0.29) is 0 Å². The largest absolute Gasteiger partial charge is 0.497 e. The number of aromatic nitrogens is 3. The lowest BCUT2D eigenvalue weighted by Gasteiger charge is -2.15. The van der Waals surface area contributed by atoms with Crippen molar-refractivity contribution in [3.63, 3.8) is 0 Å². The lowest BCUT2D eigenvalue weighted by Crippen LogP contribution is -2.38. The highest BCUT2D eigenvalue weighted by atomic mass is 16.5. The summed E-state index contributed by atoms with van der Waals surface area (Å²) in [7, 11) is 3.58. The summed E-state index contributed by atoms with van der Waals surface area (Å²) in [4.78, 5) is 4.69. The minimum Gasteiger partial charge on any atom is -0.497 e. The predicted molar refractivity (Wildman–Crippen MR) is 121 cm³/mol. The molecule has 31 heavy (non-hydrogen) atoms. The third-order valence-electron chi connectivity index (χ3n) is 5.07. The Morgan fingerprint density at radius 3 is 2.48 bits per heavy atom. The summed E-state index contributed by atoms with van der Waals surface area (Å²) in [5, 5.41) is 25.3. The summed E-state index contributed by atoms with van der Waals surface area (Å²) < 4.78 is 7.15. The highest BCUT2D eigenvalue weighted by Gasteiger charge is 2.09. The molecule has 0 saturated heterocycles. The minimum atomic E-state index is -0.530. The first-order valence-electron chi connectivity index (χ1n) is 10.3. The van der Waals surface area contributed by atoms with Crippen molar-refractivity contribution in [1.29, 1.82) is 0 Å².